The van der Waals surface area contributed by atoms with E-state index in [4.69, 9.17) is 4.74 Å². The van der Waals surface area contributed by atoms with Crippen LogP contribution in [0.4, 0.5) is 0 Å². The van der Waals surface area contributed by atoms with Gasteiger partial charge in [-0.15, -0.1) is 0 Å². The number of hydrogen-bond acceptors (Lipinski definition) is 3. The smallest absolute Gasteiger partial charge is 0.167 e. The molecule has 0 bridgehead atoms. The Hall–Kier alpha value is -0.120. The summed E-state index contributed by atoms with van der Waals surface area (Å²) >= 11 is 0. The van der Waals surface area contributed by atoms with Gasteiger partial charge in [0.15, 0.2) is 5.79 Å². The summed E-state index contributed by atoms with van der Waals surface area (Å²) in [6, 6.07) is 0. The molecule has 4 rings (SSSR count). The molecule has 0 aromatic carbocycles. The first-order valence-corrected chi connectivity index (χ1v) is 10.8. The fourth-order valence-corrected chi connectivity index (χ4v) is 8.14. The number of ether oxygens (including phenoxy) is 1. The zero-order valence-electron chi connectivity index (χ0n) is 16.6. The molecule has 0 amide bonds. The van der Waals surface area contributed by atoms with Crippen LogP contribution in [0.25, 0.3) is 0 Å². The normalized spacial score (nSPS) is 56.6. The van der Waals surface area contributed by atoms with Crippen LogP contribution in [0.5, 0.6) is 0 Å². The van der Waals surface area contributed by atoms with Gasteiger partial charge >= 0.3 is 0 Å². The Labute approximate surface area is 153 Å². The number of hydrogen-bond donors (Lipinski definition) is 2. The molecule has 0 spiro atoms. The molecule has 10 atom stereocenters. The first-order valence-electron chi connectivity index (χ1n) is 10.8. The summed E-state index contributed by atoms with van der Waals surface area (Å²) in [6.45, 7) is 6.67. The number of methoxy groups -OCH3 is 1. The second-order valence-corrected chi connectivity index (χ2v) is 10.3. The largest absolute Gasteiger partial charge is 0.393 e. The maximum absolute atomic E-state index is 10.8. The molecule has 3 heteroatoms. The Morgan fingerprint density at radius 2 is 1.80 bits per heavy atom. The molecule has 1 unspecified atom stereocenters. The average Bonchev–Trinajstić information content (AvgIpc) is 2.93. The Kier molecular flexibility index (Phi) is 4.53. The van der Waals surface area contributed by atoms with Crippen LogP contribution in [-0.2, 0) is 4.74 Å². The van der Waals surface area contributed by atoms with Crippen molar-refractivity contribution in [3.05, 3.63) is 0 Å². The zero-order chi connectivity index (χ0) is 18.0. The van der Waals surface area contributed by atoms with E-state index in [1.165, 1.54) is 38.5 Å². The van der Waals surface area contributed by atoms with E-state index in [1.807, 2.05) is 6.92 Å². The maximum Gasteiger partial charge on any atom is 0.167 e. The van der Waals surface area contributed by atoms with Crippen molar-refractivity contribution in [3.8, 4) is 0 Å². The molecule has 4 saturated carbocycles. The standard InChI is InChI=1S/C22H38O3/c1-13-11-18-15(12-22(13,24)25-4)5-6-17-16(18)9-10-21(3)19(14(2)23)7-8-20(17)21/h13-20,23-24H,5-12H2,1-4H3/t13-,14?,15+,16+,17-,18+,19-,20+,21-,22-/m1/s1. The highest BCUT2D eigenvalue weighted by atomic mass is 16.6. The SMILES string of the molecule is CO[C@]1(O)C[C@@H]2CC[C@@H]3[C@H](CC[C@]4(C)[C@@H](C(C)O)CC[C@@H]34)[C@H]2C[C@H]1C. The summed E-state index contributed by atoms with van der Waals surface area (Å²) in [5, 5.41) is 21.1. The quantitative estimate of drug-likeness (QED) is 0.733. The van der Waals surface area contributed by atoms with Crippen molar-refractivity contribution >= 4 is 0 Å². The lowest BCUT2D eigenvalue weighted by molar-refractivity contribution is -0.259. The molecule has 0 aromatic heterocycles. The lowest BCUT2D eigenvalue weighted by atomic mass is 9.48. The number of aliphatic hydroxyl groups excluding tert-OH is 1. The minimum absolute atomic E-state index is 0.158. The molecule has 3 nitrogen and oxygen atoms in total. The van der Waals surface area contributed by atoms with Crippen LogP contribution in [0, 0.1) is 46.8 Å². The van der Waals surface area contributed by atoms with Crippen molar-refractivity contribution in [1.29, 1.82) is 0 Å². The van der Waals surface area contributed by atoms with Crippen molar-refractivity contribution in [1.82, 2.24) is 0 Å². The highest BCUT2D eigenvalue weighted by Crippen LogP contribution is 2.65. The topological polar surface area (TPSA) is 49.7 Å². The monoisotopic (exact) mass is 350 g/mol. The molecule has 2 N–H and O–H groups in total. The average molecular weight is 351 g/mol. The van der Waals surface area contributed by atoms with Gasteiger partial charge in [0.05, 0.1) is 6.10 Å². The summed E-state index contributed by atoms with van der Waals surface area (Å²) in [6.07, 6.45) is 9.55. The second kappa shape index (κ2) is 6.21. The molecule has 4 aliphatic rings. The second-order valence-electron chi connectivity index (χ2n) is 10.3. The Bertz CT molecular complexity index is 506. The first kappa shape index (κ1) is 18.3. The predicted octanol–water partition coefficient (Wildman–Crippen LogP) is 4.22. The van der Waals surface area contributed by atoms with E-state index in [2.05, 4.69) is 13.8 Å². The molecule has 144 valence electrons. The fraction of sp³-hybridized carbons (Fsp3) is 1.00. The zero-order valence-corrected chi connectivity index (χ0v) is 16.6. The van der Waals surface area contributed by atoms with E-state index >= 15 is 0 Å². The van der Waals surface area contributed by atoms with Crippen LogP contribution < -0.4 is 0 Å². The third kappa shape index (κ3) is 2.63. The van der Waals surface area contributed by atoms with E-state index in [0.717, 1.165) is 36.5 Å². The highest BCUT2D eigenvalue weighted by molar-refractivity contribution is 5.07. The van der Waals surface area contributed by atoms with Crippen molar-refractivity contribution in [2.75, 3.05) is 7.11 Å². The molecular formula is C22H38O3. The molecule has 0 heterocycles. The third-order valence-electron chi connectivity index (χ3n) is 9.48. The predicted molar refractivity (Wildman–Crippen MR) is 98.8 cm³/mol. The van der Waals surface area contributed by atoms with Crippen LogP contribution in [-0.4, -0.2) is 29.2 Å². The van der Waals surface area contributed by atoms with E-state index in [-0.39, 0.29) is 12.0 Å². The lowest BCUT2D eigenvalue weighted by Crippen LogP contribution is -2.54. The van der Waals surface area contributed by atoms with Crippen molar-refractivity contribution < 1.29 is 14.9 Å². The summed E-state index contributed by atoms with van der Waals surface area (Å²) in [5.41, 5.74) is 0.357. The fourth-order valence-electron chi connectivity index (χ4n) is 8.14. The number of rotatable bonds is 2. The molecule has 0 aliphatic heterocycles. The van der Waals surface area contributed by atoms with E-state index in [1.54, 1.807) is 7.11 Å². The molecule has 25 heavy (non-hydrogen) atoms. The van der Waals surface area contributed by atoms with E-state index in [9.17, 15) is 10.2 Å². The van der Waals surface area contributed by atoms with E-state index in [0.29, 0.717) is 17.3 Å². The number of aliphatic hydroxyl groups is 2. The molecule has 0 aromatic rings. The van der Waals surface area contributed by atoms with Crippen LogP contribution in [0.15, 0.2) is 0 Å². The summed E-state index contributed by atoms with van der Waals surface area (Å²) < 4.78 is 5.53. The van der Waals surface area contributed by atoms with Gasteiger partial charge in [-0.1, -0.05) is 13.8 Å². The van der Waals surface area contributed by atoms with Gasteiger partial charge in [-0.3, -0.25) is 0 Å². The van der Waals surface area contributed by atoms with Gasteiger partial charge in [-0.25, -0.2) is 0 Å². The molecular weight excluding hydrogens is 312 g/mol. The van der Waals surface area contributed by atoms with Gasteiger partial charge in [0.2, 0.25) is 0 Å². The van der Waals surface area contributed by atoms with Crippen LogP contribution in [0.1, 0.15) is 72.1 Å². The number of fused-ring (bicyclic) bond motifs is 5. The van der Waals surface area contributed by atoms with Gasteiger partial charge in [0.25, 0.3) is 0 Å². The third-order valence-corrected chi connectivity index (χ3v) is 9.48. The summed E-state index contributed by atoms with van der Waals surface area (Å²) in [7, 11) is 1.67. The molecule has 4 aliphatic carbocycles. The minimum atomic E-state index is -0.901. The molecule has 0 radical (unpaired) electrons. The van der Waals surface area contributed by atoms with Gasteiger partial charge in [0, 0.05) is 19.4 Å². The summed E-state index contributed by atoms with van der Waals surface area (Å²) in [4.78, 5) is 0. The van der Waals surface area contributed by atoms with Gasteiger partial charge in [-0.05, 0) is 92.8 Å². The molecule has 0 saturated heterocycles. The van der Waals surface area contributed by atoms with Crippen molar-refractivity contribution in [2.45, 2.75) is 84.0 Å². The van der Waals surface area contributed by atoms with Crippen LogP contribution in [0.2, 0.25) is 0 Å². The Morgan fingerprint density at radius 1 is 1.04 bits per heavy atom. The van der Waals surface area contributed by atoms with Crippen molar-refractivity contribution in [3.63, 3.8) is 0 Å². The molecule has 4 fully saturated rings. The Balaban J connectivity index is 1.55. The van der Waals surface area contributed by atoms with Crippen LogP contribution in [0.3, 0.4) is 0 Å². The lowest BCUT2D eigenvalue weighted by Gasteiger charge is -2.58. The first-order chi connectivity index (χ1) is 11.8. The van der Waals surface area contributed by atoms with E-state index < -0.39 is 5.79 Å². The summed E-state index contributed by atoms with van der Waals surface area (Å²) in [5.74, 6) is 3.75. The van der Waals surface area contributed by atoms with Crippen molar-refractivity contribution in [2.24, 2.45) is 46.8 Å². The van der Waals surface area contributed by atoms with Gasteiger partial charge in [-0.2, -0.15) is 0 Å². The van der Waals surface area contributed by atoms with Gasteiger partial charge in [0.1, 0.15) is 0 Å². The van der Waals surface area contributed by atoms with Crippen LogP contribution >= 0.6 is 0 Å². The van der Waals surface area contributed by atoms with Gasteiger partial charge < -0.3 is 14.9 Å². The highest BCUT2D eigenvalue weighted by Gasteiger charge is 2.59. The minimum Gasteiger partial charge on any atom is -0.393 e. The maximum atomic E-state index is 10.8. The Morgan fingerprint density at radius 3 is 2.48 bits per heavy atom.